The zero-order chi connectivity index (χ0) is 17.9. The van der Waals surface area contributed by atoms with E-state index >= 15 is 0 Å². The number of rotatable bonds is 4. The van der Waals surface area contributed by atoms with Crippen LogP contribution in [0.1, 0.15) is 56.7 Å². The predicted molar refractivity (Wildman–Crippen MR) is 104 cm³/mol. The summed E-state index contributed by atoms with van der Waals surface area (Å²) in [5.74, 6) is 2.00. The third-order valence-electron chi connectivity index (χ3n) is 6.08. The first kappa shape index (κ1) is 17.3. The molecular formula is C22H29N3O. The second kappa shape index (κ2) is 7.65. The van der Waals surface area contributed by atoms with Crippen molar-refractivity contribution in [1.29, 1.82) is 0 Å². The summed E-state index contributed by atoms with van der Waals surface area (Å²) in [7, 11) is 0. The lowest BCUT2D eigenvalue weighted by Crippen LogP contribution is -2.31. The van der Waals surface area contributed by atoms with Gasteiger partial charge in [-0.2, -0.15) is 0 Å². The van der Waals surface area contributed by atoms with Gasteiger partial charge >= 0.3 is 0 Å². The molecule has 2 heterocycles. The average molecular weight is 351 g/mol. The van der Waals surface area contributed by atoms with Crippen molar-refractivity contribution in [3.8, 4) is 11.4 Å². The van der Waals surface area contributed by atoms with E-state index in [1.54, 1.807) is 0 Å². The Morgan fingerprint density at radius 3 is 2.65 bits per heavy atom. The minimum atomic E-state index is 0.336. The fraction of sp³-hybridized carbons (Fsp3) is 0.545. The molecule has 4 rings (SSSR count). The predicted octanol–water partition coefficient (Wildman–Crippen LogP) is 4.60. The van der Waals surface area contributed by atoms with Gasteiger partial charge < -0.3 is 9.47 Å². The molecule has 0 N–H and O–H groups in total. The van der Waals surface area contributed by atoms with Gasteiger partial charge in [0.25, 0.3) is 0 Å². The second-order valence-corrected chi connectivity index (χ2v) is 7.95. The van der Waals surface area contributed by atoms with Crippen molar-refractivity contribution in [1.82, 2.24) is 14.5 Å². The summed E-state index contributed by atoms with van der Waals surface area (Å²) in [4.78, 5) is 19.5. The summed E-state index contributed by atoms with van der Waals surface area (Å²) in [6, 6.07) is 10.7. The molecule has 2 fully saturated rings. The largest absolute Gasteiger partial charge is 0.341 e. The first-order valence-electron chi connectivity index (χ1n) is 10.1. The fourth-order valence-corrected chi connectivity index (χ4v) is 4.65. The number of hydrogen-bond donors (Lipinski definition) is 0. The first-order valence-corrected chi connectivity index (χ1v) is 10.1. The van der Waals surface area contributed by atoms with E-state index in [0.29, 0.717) is 17.9 Å². The quantitative estimate of drug-likeness (QED) is 0.807. The number of carbonyl (C=O) groups is 1. The lowest BCUT2D eigenvalue weighted by molar-refractivity contribution is -0.131. The van der Waals surface area contributed by atoms with Crippen LogP contribution < -0.4 is 0 Å². The molecule has 2 aromatic rings. The van der Waals surface area contributed by atoms with Crippen molar-refractivity contribution in [2.24, 2.45) is 5.92 Å². The highest BCUT2D eigenvalue weighted by atomic mass is 16.2. The molecule has 1 unspecified atom stereocenters. The molecule has 1 aromatic heterocycles. The molecule has 1 saturated heterocycles. The van der Waals surface area contributed by atoms with E-state index in [0.717, 1.165) is 37.3 Å². The van der Waals surface area contributed by atoms with E-state index in [2.05, 4.69) is 45.6 Å². The summed E-state index contributed by atoms with van der Waals surface area (Å²) in [6.07, 6.45) is 10.1. The van der Waals surface area contributed by atoms with Crippen molar-refractivity contribution in [3.05, 3.63) is 42.2 Å². The van der Waals surface area contributed by atoms with Gasteiger partial charge in [-0.25, -0.2) is 4.98 Å². The summed E-state index contributed by atoms with van der Waals surface area (Å²) >= 11 is 0. The molecule has 4 heteroatoms. The van der Waals surface area contributed by atoms with Gasteiger partial charge in [0.1, 0.15) is 5.82 Å². The van der Waals surface area contributed by atoms with Crippen LogP contribution in [-0.4, -0.2) is 33.4 Å². The Labute approximate surface area is 156 Å². The molecule has 1 amide bonds. The van der Waals surface area contributed by atoms with Gasteiger partial charge in [0, 0.05) is 37.0 Å². The topological polar surface area (TPSA) is 38.1 Å². The van der Waals surface area contributed by atoms with Crippen LogP contribution in [0.3, 0.4) is 0 Å². The molecule has 0 spiro atoms. The van der Waals surface area contributed by atoms with E-state index in [9.17, 15) is 4.79 Å². The van der Waals surface area contributed by atoms with E-state index in [4.69, 9.17) is 0 Å². The lowest BCUT2D eigenvalue weighted by atomic mass is 9.87. The Morgan fingerprint density at radius 2 is 1.88 bits per heavy atom. The highest BCUT2D eigenvalue weighted by Crippen LogP contribution is 2.31. The second-order valence-electron chi connectivity index (χ2n) is 7.95. The van der Waals surface area contributed by atoms with E-state index in [-0.39, 0.29) is 0 Å². The van der Waals surface area contributed by atoms with Crippen molar-refractivity contribution in [2.75, 3.05) is 13.1 Å². The Bertz CT molecular complexity index is 746. The summed E-state index contributed by atoms with van der Waals surface area (Å²) in [5, 5.41) is 0. The molecule has 1 saturated carbocycles. The van der Waals surface area contributed by atoms with Crippen LogP contribution in [0.2, 0.25) is 0 Å². The zero-order valence-corrected chi connectivity index (χ0v) is 15.7. The minimum Gasteiger partial charge on any atom is -0.341 e. The molecule has 1 atom stereocenters. The van der Waals surface area contributed by atoms with Gasteiger partial charge in [-0.3, -0.25) is 4.79 Å². The van der Waals surface area contributed by atoms with Crippen LogP contribution >= 0.6 is 0 Å². The van der Waals surface area contributed by atoms with Crippen LogP contribution in [0, 0.1) is 12.8 Å². The van der Waals surface area contributed by atoms with Gasteiger partial charge in [-0.1, -0.05) is 49.6 Å². The van der Waals surface area contributed by atoms with Crippen molar-refractivity contribution in [3.63, 3.8) is 0 Å². The average Bonchev–Trinajstić information content (AvgIpc) is 3.30. The van der Waals surface area contributed by atoms with Crippen LogP contribution in [0.5, 0.6) is 0 Å². The number of imidazole rings is 1. The van der Waals surface area contributed by atoms with Crippen molar-refractivity contribution >= 4 is 5.91 Å². The van der Waals surface area contributed by atoms with E-state index in [1.807, 2.05) is 12.3 Å². The van der Waals surface area contributed by atoms with Crippen molar-refractivity contribution in [2.45, 2.75) is 57.9 Å². The third kappa shape index (κ3) is 3.55. The number of likely N-dealkylation sites (tertiary alicyclic amines) is 1. The van der Waals surface area contributed by atoms with Gasteiger partial charge in [-0.05, 0) is 32.1 Å². The molecule has 1 aliphatic carbocycles. The molecule has 0 bridgehead atoms. The van der Waals surface area contributed by atoms with Gasteiger partial charge in [0.05, 0.1) is 6.04 Å². The maximum absolute atomic E-state index is 12.8. The molecule has 0 radical (unpaired) electrons. The maximum Gasteiger partial charge on any atom is 0.222 e. The molecule has 1 aromatic carbocycles. The Hall–Kier alpha value is -2.10. The molecule has 138 valence electrons. The number of benzene rings is 1. The number of carbonyl (C=O) groups excluding carboxylic acids is 1. The summed E-state index contributed by atoms with van der Waals surface area (Å²) < 4.78 is 2.34. The number of hydrogen-bond acceptors (Lipinski definition) is 2. The fourth-order valence-electron chi connectivity index (χ4n) is 4.65. The number of nitrogens with zero attached hydrogens (tertiary/aromatic N) is 3. The number of amides is 1. The maximum atomic E-state index is 12.8. The smallest absolute Gasteiger partial charge is 0.222 e. The van der Waals surface area contributed by atoms with Crippen LogP contribution in [0.15, 0.2) is 36.5 Å². The van der Waals surface area contributed by atoms with Crippen LogP contribution in [-0.2, 0) is 4.79 Å². The Balaban J connectivity index is 1.46. The SMILES string of the molecule is Cc1cnc(-c2ccccc2)n1C1CCN(C(=O)CC2CCCCC2)C1. The highest BCUT2D eigenvalue weighted by Gasteiger charge is 2.30. The summed E-state index contributed by atoms with van der Waals surface area (Å²) in [5.41, 5.74) is 2.32. The van der Waals surface area contributed by atoms with Gasteiger partial charge in [-0.15, -0.1) is 0 Å². The number of aromatic nitrogens is 2. The minimum absolute atomic E-state index is 0.336. The monoisotopic (exact) mass is 351 g/mol. The standard InChI is InChI=1S/C22H29N3O/c1-17-15-23-22(19-10-6-3-7-11-19)25(17)20-12-13-24(16-20)21(26)14-18-8-4-2-5-9-18/h3,6-7,10-11,15,18,20H,2,4-5,8-9,12-14,16H2,1H3. The highest BCUT2D eigenvalue weighted by molar-refractivity contribution is 5.76. The first-order chi connectivity index (χ1) is 12.7. The number of aryl methyl sites for hydroxylation is 1. The van der Waals surface area contributed by atoms with Gasteiger partial charge in [0.2, 0.25) is 5.91 Å². The zero-order valence-electron chi connectivity index (χ0n) is 15.7. The molecular weight excluding hydrogens is 322 g/mol. The van der Waals surface area contributed by atoms with Crippen LogP contribution in [0.4, 0.5) is 0 Å². The van der Waals surface area contributed by atoms with Crippen LogP contribution in [0.25, 0.3) is 11.4 Å². The van der Waals surface area contributed by atoms with Gasteiger partial charge in [0.15, 0.2) is 0 Å². The van der Waals surface area contributed by atoms with E-state index < -0.39 is 0 Å². The molecule has 1 aliphatic heterocycles. The molecule has 2 aliphatic rings. The third-order valence-corrected chi connectivity index (χ3v) is 6.08. The van der Waals surface area contributed by atoms with E-state index in [1.165, 1.54) is 37.8 Å². The Kier molecular flexibility index (Phi) is 5.09. The summed E-state index contributed by atoms with van der Waals surface area (Å²) in [6.45, 7) is 3.82. The molecule has 4 nitrogen and oxygen atoms in total. The Morgan fingerprint density at radius 1 is 1.12 bits per heavy atom. The lowest BCUT2D eigenvalue weighted by Gasteiger charge is -2.24. The van der Waals surface area contributed by atoms with Crippen molar-refractivity contribution < 1.29 is 4.79 Å². The normalized spacial score (nSPS) is 21.3. The molecule has 26 heavy (non-hydrogen) atoms.